The van der Waals surface area contributed by atoms with Crippen molar-refractivity contribution >= 4 is 17.9 Å². The van der Waals surface area contributed by atoms with E-state index in [-0.39, 0.29) is 11.9 Å². The lowest BCUT2D eigenvalue weighted by molar-refractivity contribution is -0.143. The lowest BCUT2D eigenvalue weighted by Gasteiger charge is -2.36. The molecule has 1 aliphatic carbocycles. The molecule has 8 heteroatoms. The average molecular weight is 532 g/mol. The summed E-state index contributed by atoms with van der Waals surface area (Å²) in [7, 11) is 0. The van der Waals surface area contributed by atoms with E-state index in [1.54, 1.807) is 25.7 Å². The summed E-state index contributed by atoms with van der Waals surface area (Å²) in [5.41, 5.74) is 1.90. The van der Waals surface area contributed by atoms with Crippen LogP contribution in [0.4, 0.5) is 4.79 Å². The number of amides is 3. The van der Waals surface area contributed by atoms with E-state index >= 15 is 0 Å². The normalized spacial score (nSPS) is 15.9. The molecular weight excluding hydrogens is 482 g/mol. The molecule has 2 unspecified atom stereocenters. The van der Waals surface area contributed by atoms with Crippen LogP contribution >= 0.6 is 0 Å². The molecule has 0 bridgehead atoms. The van der Waals surface area contributed by atoms with Gasteiger partial charge in [0.05, 0.1) is 6.61 Å². The molecule has 0 aromatic heterocycles. The van der Waals surface area contributed by atoms with Crippen LogP contribution in [0.1, 0.15) is 108 Å². The molecule has 1 saturated carbocycles. The maximum atomic E-state index is 14.0. The molecule has 1 fully saturated rings. The Labute approximate surface area is 228 Å². The summed E-state index contributed by atoms with van der Waals surface area (Å²) in [6, 6.07) is 3.89. The van der Waals surface area contributed by atoms with Gasteiger partial charge >= 0.3 is 6.09 Å². The molecule has 2 rings (SSSR count). The number of ether oxygens (including phenoxy) is 1. The van der Waals surface area contributed by atoms with Gasteiger partial charge in [0, 0.05) is 12.6 Å². The molecule has 8 nitrogen and oxygen atoms in total. The zero-order valence-corrected chi connectivity index (χ0v) is 24.3. The highest BCUT2D eigenvalue weighted by Gasteiger charge is 2.37. The number of hydrogen-bond acceptors (Lipinski definition) is 5. The van der Waals surface area contributed by atoms with Gasteiger partial charge in [0.1, 0.15) is 17.7 Å². The van der Waals surface area contributed by atoms with Crippen LogP contribution in [0.25, 0.3) is 0 Å². The van der Waals surface area contributed by atoms with Crippen molar-refractivity contribution in [1.29, 1.82) is 0 Å². The van der Waals surface area contributed by atoms with Gasteiger partial charge in [-0.15, -0.1) is 0 Å². The third kappa shape index (κ3) is 9.93. The fraction of sp³-hybridized carbons (Fsp3) is 0.700. The van der Waals surface area contributed by atoms with Crippen molar-refractivity contribution in [2.24, 2.45) is 0 Å². The van der Waals surface area contributed by atoms with Gasteiger partial charge in [-0.2, -0.15) is 0 Å². The molecule has 0 saturated heterocycles. The molecule has 0 aliphatic heterocycles. The minimum Gasteiger partial charge on any atom is -0.444 e. The Kier molecular flexibility index (Phi) is 12.6. The van der Waals surface area contributed by atoms with Crippen molar-refractivity contribution in [2.45, 2.75) is 123 Å². The Morgan fingerprint density at radius 3 is 2.37 bits per heavy atom. The highest BCUT2D eigenvalue weighted by Crippen LogP contribution is 2.28. The van der Waals surface area contributed by atoms with Gasteiger partial charge in [0.2, 0.25) is 11.8 Å². The van der Waals surface area contributed by atoms with E-state index in [2.05, 4.69) is 17.6 Å². The summed E-state index contributed by atoms with van der Waals surface area (Å²) in [6.07, 6.45) is 8.06. The van der Waals surface area contributed by atoms with E-state index < -0.39 is 36.3 Å². The van der Waals surface area contributed by atoms with Crippen molar-refractivity contribution in [3.05, 3.63) is 34.9 Å². The van der Waals surface area contributed by atoms with Gasteiger partial charge in [-0.3, -0.25) is 9.59 Å². The second kappa shape index (κ2) is 15.1. The summed E-state index contributed by atoms with van der Waals surface area (Å²) in [5, 5.41) is 15.9. The molecule has 1 aromatic rings. The van der Waals surface area contributed by atoms with E-state index in [4.69, 9.17) is 4.74 Å². The molecular formula is C30H49N3O5. The lowest BCUT2D eigenvalue weighted by atomic mass is 9.93. The number of aliphatic hydroxyl groups excluding tert-OH is 1. The number of carbonyl (C=O) groups is 3. The molecule has 0 heterocycles. The number of alkyl carbamates (subject to hydrolysis) is 1. The number of carbonyl (C=O) groups excluding carboxylic acids is 3. The van der Waals surface area contributed by atoms with Crippen LogP contribution in [0.5, 0.6) is 0 Å². The number of benzene rings is 1. The van der Waals surface area contributed by atoms with E-state index in [1.807, 2.05) is 32.0 Å². The van der Waals surface area contributed by atoms with Gasteiger partial charge in [0.25, 0.3) is 0 Å². The fourth-order valence-electron chi connectivity index (χ4n) is 4.94. The highest BCUT2D eigenvalue weighted by molar-refractivity contribution is 5.92. The van der Waals surface area contributed by atoms with Crippen molar-refractivity contribution in [3.8, 4) is 0 Å². The van der Waals surface area contributed by atoms with Crippen LogP contribution in [0.2, 0.25) is 0 Å². The zero-order chi connectivity index (χ0) is 28.3. The van der Waals surface area contributed by atoms with Crippen LogP contribution in [-0.4, -0.2) is 58.8 Å². The van der Waals surface area contributed by atoms with Crippen LogP contribution in [0.3, 0.4) is 0 Å². The first-order valence-corrected chi connectivity index (χ1v) is 14.2. The van der Waals surface area contributed by atoms with Crippen molar-refractivity contribution in [2.75, 3.05) is 13.2 Å². The number of unbranched alkanes of at least 4 members (excludes halogenated alkanes) is 3. The highest BCUT2D eigenvalue weighted by atomic mass is 16.6. The maximum Gasteiger partial charge on any atom is 0.408 e. The fourth-order valence-corrected chi connectivity index (χ4v) is 4.94. The molecule has 0 spiro atoms. The van der Waals surface area contributed by atoms with E-state index in [0.29, 0.717) is 13.0 Å². The predicted molar refractivity (Wildman–Crippen MR) is 150 cm³/mol. The third-order valence-electron chi connectivity index (χ3n) is 6.95. The molecule has 3 N–H and O–H groups in total. The Hall–Kier alpha value is -2.61. The molecule has 2 atom stereocenters. The number of rotatable bonds is 12. The smallest absolute Gasteiger partial charge is 0.408 e. The minimum absolute atomic E-state index is 0.0782. The predicted octanol–water partition coefficient (Wildman–Crippen LogP) is 5.09. The number of aryl methyl sites for hydroxylation is 2. The molecule has 38 heavy (non-hydrogen) atoms. The van der Waals surface area contributed by atoms with Crippen LogP contribution in [-0.2, 0) is 14.3 Å². The van der Waals surface area contributed by atoms with Crippen molar-refractivity contribution in [3.63, 3.8) is 0 Å². The summed E-state index contributed by atoms with van der Waals surface area (Å²) >= 11 is 0. The second-order valence-corrected chi connectivity index (χ2v) is 11.6. The zero-order valence-electron chi connectivity index (χ0n) is 24.3. The third-order valence-corrected chi connectivity index (χ3v) is 6.95. The first-order valence-electron chi connectivity index (χ1n) is 14.2. The summed E-state index contributed by atoms with van der Waals surface area (Å²) in [5.74, 6) is -0.719. The lowest BCUT2D eigenvalue weighted by Crippen LogP contribution is -2.55. The number of nitrogens with one attached hydrogen (secondary N) is 2. The Morgan fingerprint density at radius 2 is 1.76 bits per heavy atom. The van der Waals surface area contributed by atoms with Gasteiger partial charge < -0.3 is 25.4 Å². The van der Waals surface area contributed by atoms with Crippen LogP contribution < -0.4 is 10.6 Å². The van der Waals surface area contributed by atoms with Gasteiger partial charge in [-0.1, -0.05) is 69.2 Å². The van der Waals surface area contributed by atoms with E-state index in [9.17, 15) is 19.5 Å². The van der Waals surface area contributed by atoms with Gasteiger partial charge in [0.15, 0.2) is 0 Å². The SMILES string of the molecule is CCCCCCN(C(=O)C(CO)NC(=O)OC(C)(C)C)C(C(=O)NC1CCCCC1)c1cc(C)ccc1C. The number of nitrogens with zero attached hydrogens (tertiary/aromatic N) is 1. The van der Waals surface area contributed by atoms with E-state index in [0.717, 1.165) is 61.6 Å². The summed E-state index contributed by atoms with van der Waals surface area (Å²) in [4.78, 5) is 42.0. The second-order valence-electron chi connectivity index (χ2n) is 11.6. The first kappa shape index (κ1) is 31.6. The largest absolute Gasteiger partial charge is 0.444 e. The van der Waals surface area contributed by atoms with Crippen LogP contribution in [0, 0.1) is 13.8 Å². The average Bonchev–Trinajstić information content (AvgIpc) is 2.85. The Morgan fingerprint density at radius 1 is 1.08 bits per heavy atom. The summed E-state index contributed by atoms with van der Waals surface area (Å²) < 4.78 is 5.33. The van der Waals surface area contributed by atoms with Crippen molar-refractivity contribution in [1.82, 2.24) is 15.5 Å². The van der Waals surface area contributed by atoms with Gasteiger partial charge in [-0.25, -0.2) is 4.79 Å². The number of hydrogen-bond donors (Lipinski definition) is 3. The van der Waals surface area contributed by atoms with Crippen LogP contribution in [0.15, 0.2) is 18.2 Å². The molecule has 0 radical (unpaired) electrons. The van der Waals surface area contributed by atoms with Crippen molar-refractivity contribution < 1.29 is 24.2 Å². The maximum absolute atomic E-state index is 14.0. The molecule has 214 valence electrons. The first-order chi connectivity index (χ1) is 18.0. The minimum atomic E-state index is -1.23. The quantitative estimate of drug-likeness (QED) is 0.326. The Bertz CT molecular complexity index is 921. The standard InChI is InChI=1S/C30H49N3O5/c1-7-8-9-13-18-33(28(36)25(20-34)32-29(37)38-30(4,5)6)26(24-19-21(2)16-17-22(24)3)27(35)31-23-14-11-10-12-15-23/h16-17,19,23,25-26,34H,7-15,18,20H2,1-6H3,(H,31,35)(H,32,37). The monoisotopic (exact) mass is 531 g/mol. The molecule has 3 amide bonds. The Balaban J connectivity index is 2.45. The topological polar surface area (TPSA) is 108 Å². The number of aliphatic hydroxyl groups is 1. The van der Waals surface area contributed by atoms with E-state index in [1.165, 1.54) is 6.42 Å². The van der Waals surface area contributed by atoms with Gasteiger partial charge in [-0.05, 0) is 65.0 Å². The summed E-state index contributed by atoms with van der Waals surface area (Å²) in [6.45, 7) is 10.9. The molecule has 1 aromatic carbocycles. The molecule has 1 aliphatic rings.